The van der Waals surface area contributed by atoms with Crippen molar-refractivity contribution in [1.82, 2.24) is 19.2 Å². The first-order chi connectivity index (χ1) is 17.5. The van der Waals surface area contributed by atoms with E-state index in [0.29, 0.717) is 39.4 Å². The molecular formula is C26H27N5O3S2. The van der Waals surface area contributed by atoms with Gasteiger partial charge in [0, 0.05) is 46.0 Å². The Labute approximate surface area is 219 Å². The maximum absolute atomic E-state index is 13.6. The zero-order chi connectivity index (χ0) is 25.1. The highest BCUT2D eigenvalue weighted by Gasteiger charge is 2.33. The molecule has 0 unspecified atom stereocenters. The van der Waals surface area contributed by atoms with Crippen LogP contribution in [0, 0.1) is 0 Å². The first kappa shape index (κ1) is 24.6. The number of thioether (sulfide) groups is 1. The number of methoxy groups -OCH3 is 1. The Morgan fingerprint density at radius 2 is 1.81 bits per heavy atom. The SMILES string of the molecule is COCCN1C(=O)/C(=C/c2c(N3CCN(Cc4ccccc4)CC3)nc3ccccn3c2=O)SC1=S. The van der Waals surface area contributed by atoms with Gasteiger partial charge in [0.05, 0.1) is 23.6 Å². The number of amides is 1. The number of ether oxygens (including phenoxy) is 1. The van der Waals surface area contributed by atoms with E-state index >= 15 is 0 Å². The van der Waals surface area contributed by atoms with Gasteiger partial charge >= 0.3 is 0 Å². The number of hydrogen-bond donors (Lipinski definition) is 0. The quantitative estimate of drug-likeness (QED) is 0.347. The summed E-state index contributed by atoms with van der Waals surface area (Å²) in [5.41, 5.74) is 2.06. The second-order valence-electron chi connectivity index (χ2n) is 8.66. The molecule has 8 nitrogen and oxygen atoms in total. The van der Waals surface area contributed by atoms with Crippen molar-refractivity contribution >= 4 is 51.7 Å². The molecule has 5 rings (SSSR count). The molecule has 2 aliphatic heterocycles. The molecule has 10 heteroatoms. The summed E-state index contributed by atoms with van der Waals surface area (Å²) in [6.45, 7) is 4.82. The zero-order valence-electron chi connectivity index (χ0n) is 20.0. The fraction of sp³-hybridized carbons (Fsp3) is 0.308. The van der Waals surface area contributed by atoms with Gasteiger partial charge < -0.3 is 9.64 Å². The van der Waals surface area contributed by atoms with Crippen molar-refractivity contribution in [2.45, 2.75) is 6.54 Å². The number of hydrogen-bond acceptors (Lipinski definition) is 8. The number of carbonyl (C=O) groups is 1. The van der Waals surface area contributed by atoms with Crippen LogP contribution < -0.4 is 10.5 Å². The molecule has 0 atom stereocenters. The fourth-order valence-electron chi connectivity index (χ4n) is 4.42. The third-order valence-corrected chi connectivity index (χ3v) is 7.72. The highest BCUT2D eigenvalue weighted by atomic mass is 32.2. The van der Waals surface area contributed by atoms with Crippen LogP contribution in [0.4, 0.5) is 5.82 Å². The van der Waals surface area contributed by atoms with Crippen molar-refractivity contribution in [1.29, 1.82) is 0 Å². The topological polar surface area (TPSA) is 70.4 Å². The zero-order valence-corrected chi connectivity index (χ0v) is 21.6. The van der Waals surface area contributed by atoms with Crippen LogP contribution in [0.15, 0.2) is 64.4 Å². The Hall–Kier alpha value is -3.05. The van der Waals surface area contributed by atoms with Crippen LogP contribution >= 0.6 is 24.0 Å². The summed E-state index contributed by atoms with van der Waals surface area (Å²) >= 11 is 6.62. The van der Waals surface area contributed by atoms with Gasteiger partial charge in [-0.1, -0.05) is 60.4 Å². The first-order valence-electron chi connectivity index (χ1n) is 11.8. The number of nitrogens with zero attached hydrogens (tertiary/aromatic N) is 5. The molecule has 1 aromatic carbocycles. The Kier molecular flexibility index (Phi) is 7.47. The van der Waals surface area contributed by atoms with Gasteiger partial charge in [-0.2, -0.15) is 0 Å². The molecule has 0 spiro atoms. The Morgan fingerprint density at radius 3 is 2.56 bits per heavy atom. The predicted octanol–water partition coefficient (Wildman–Crippen LogP) is 2.86. The van der Waals surface area contributed by atoms with Crippen LogP contribution in [0.2, 0.25) is 0 Å². The Morgan fingerprint density at radius 1 is 1.06 bits per heavy atom. The summed E-state index contributed by atoms with van der Waals surface area (Å²) in [5.74, 6) is 0.394. The monoisotopic (exact) mass is 521 g/mol. The van der Waals surface area contributed by atoms with E-state index in [9.17, 15) is 9.59 Å². The molecular weight excluding hydrogens is 494 g/mol. The van der Waals surface area contributed by atoms with Crippen LogP contribution in [0.3, 0.4) is 0 Å². The molecule has 2 aromatic heterocycles. The summed E-state index contributed by atoms with van der Waals surface area (Å²) in [4.78, 5) is 38.0. The lowest BCUT2D eigenvalue weighted by Crippen LogP contribution is -2.47. The molecule has 0 N–H and O–H groups in total. The molecule has 0 aliphatic carbocycles. The number of aromatic nitrogens is 2. The smallest absolute Gasteiger partial charge is 0.267 e. The van der Waals surface area contributed by atoms with E-state index in [1.165, 1.54) is 26.6 Å². The van der Waals surface area contributed by atoms with Gasteiger partial charge in [0.15, 0.2) is 0 Å². The molecule has 4 heterocycles. The summed E-state index contributed by atoms with van der Waals surface area (Å²) in [5, 5.41) is 0. The largest absolute Gasteiger partial charge is 0.383 e. The lowest BCUT2D eigenvalue weighted by Gasteiger charge is -2.36. The highest BCUT2D eigenvalue weighted by molar-refractivity contribution is 8.26. The van der Waals surface area contributed by atoms with E-state index in [1.807, 2.05) is 18.2 Å². The van der Waals surface area contributed by atoms with Gasteiger partial charge in [0.2, 0.25) is 0 Å². The van der Waals surface area contributed by atoms with E-state index in [-0.39, 0.29) is 11.5 Å². The van der Waals surface area contributed by atoms with E-state index in [1.54, 1.807) is 25.4 Å². The molecule has 0 saturated carbocycles. The number of fused-ring (bicyclic) bond motifs is 1. The van der Waals surface area contributed by atoms with Crippen molar-refractivity contribution < 1.29 is 9.53 Å². The number of carbonyl (C=O) groups excluding carboxylic acids is 1. The standard InChI is InChI=1S/C26H27N5O3S2/c1-34-16-15-31-25(33)21(36-26(31)35)17-20-23(27-22-9-5-6-10-30(22)24(20)32)29-13-11-28(12-14-29)18-19-7-3-2-4-8-19/h2-10,17H,11-16,18H2,1H3/b21-17-. The number of anilines is 1. The van der Waals surface area contributed by atoms with Gasteiger partial charge in [-0.05, 0) is 23.8 Å². The molecule has 36 heavy (non-hydrogen) atoms. The number of piperazine rings is 1. The minimum absolute atomic E-state index is 0.204. The molecule has 2 saturated heterocycles. The minimum Gasteiger partial charge on any atom is -0.383 e. The van der Waals surface area contributed by atoms with Crippen LogP contribution in [0.25, 0.3) is 11.7 Å². The second-order valence-corrected chi connectivity index (χ2v) is 10.3. The molecule has 186 valence electrons. The van der Waals surface area contributed by atoms with Crippen molar-refractivity contribution in [3.63, 3.8) is 0 Å². The van der Waals surface area contributed by atoms with Gasteiger partial charge in [0.25, 0.3) is 11.5 Å². The van der Waals surface area contributed by atoms with Crippen LogP contribution in [-0.4, -0.2) is 75.9 Å². The summed E-state index contributed by atoms with van der Waals surface area (Å²) < 4.78 is 7.10. The van der Waals surface area contributed by atoms with Crippen LogP contribution in [0.1, 0.15) is 11.1 Å². The van der Waals surface area contributed by atoms with E-state index in [4.69, 9.17) is 21.9 Å². The first-order valence-corrected chi connectivity index (χ1v) is 13.0. The number of benzene rings is 1. The highest BCUT2D eigenvalue weighted by Crippen LogP contribution is 2.33. The number of pyridine rings is 1. The third-order valence-electron chi connectivity index (χ3n) is 6.34. The van der Waals surface area contributed by atoms with Gasteiger partial charge in [-0.25, -0.2) is 4.98 Å². The maximum atomic E-state index is 13.6. The normalized spacial score (nSPS) is 18.1. The van der Waals surface area contributed by atoms with Crippen LogP contribution in [0.5, 0.6) is 0 Å². The number of thiocarbonyl (C=S) groups is 1. The predicted molar refractivity (Wildman–Crippen MR) is 147 cm³/mol. The van der Waals surface area contributed by atoms with Gasteiger partial charge in [0.1, 0.15) is 15.8 Å². The molecule has 0 bridgehead atoms. The van der Waals surface area contributed by atoms with Gasteiger partial charge in [-0.15, -0.1) is 0 Å². The van der Waals surface area contributed by atoms with Crippen molar-refractivity contribution in [2.24, 2.45) is 0 Å². The average Bonchev–Trinajstić information content (AvgIpc) is 3.17. The number of rotatable bonds is 7. The van der Waals surface area contributed by atoms with E-state index < -0.39 is 0 Å². The lowest BCUT2D eigenvalue weighted by molar-refractivity contribution is -0.122. The van der Waals surface area contributed by atoms with E-state index in [2.05, 4.69) is 34.1 Å². The fourth-order valence-corrected chi connectivity index (χ4v) is 5.71. The lowest BCUT2D eigenvalue weighted by atomic mass is 10.2. The third kappa shape index (κ3) is 5.08. The summed E-state index contributed by atoms with van der Waals surface area (Å²) in [6, 6.07) is 15.9. The summed E-state index contributed by atoms with van der Waals surface area (Å²) in [7, 11) is 1.58. The second kappa shape index (κ2) is 10.9. The van der Waals surface area contributed by atoms with Crippen molar-refractivity contribution in [3.05, 3.63) is 81.1 Å². The van der Waals surface area contributed by atoms with Crippen LogP contribution in [-0.2, 0) is 16.1 Å². The summed E-state index contributed by atoms with van der Waals surface area (Å²) in [6.07, 6.45) is 3.36. The maximum Gasteiger partial charge on any atom is 0.267 e. The van der Waals surface area contributed by atoms with Crippen molar-refractivity contribution in [2.75, 3.05) is 51.3 Å². The molecule has 2 aliphatic rings. The molecule has 1 amide bonds. The molecule has 0 radical (unpaired) electrons. The molecule has 2 fully saturated rings. The van der Waals surface area contributed by atoms with Gasteiger partial charge in [-0.3, -0.25) is 23.8 Å². The Bertz CT molecular complexity index is 1370. The Balaban J connectivity index is 1.45. The van der Waals surface area contributed by atoms with E-state index in [0.717, 1.165) is 32.7 Å². The molecule has 3 aromatic rings. The average molecular weight is 522 g/mol. The minimum atomic E-state index is -0.210. The van der Waals surface area contributed by atoms with Crippen molar-refractivity contribution in [3.8, 4) is 0 Å².